The minimum Gasteiger partial charge on any atom is -0.364 e. The highest BCUT2D eigenvalue weighted by Crippen LogP contribution is 2.35. The molecule has 0 saturated carbocycles. The maximum Gasteiger partial charge on any atom is 0.259 e. The van der Waals surface area contributed by atoms with Gasteiger partial charge in [-0.05, 0) is 31.0 Å². The first-order valence-electron chi connectivity index (χ1n) is 8.17. The first-order chi connectivity index (χ1) is 11.7. The quantitative estimate of drug-likeness (QED) is 0.778. The molecule has 0 unspecified atom stereocenters. The highest BCUT2D eigenvalue weighted by atomic mass is 16.1. The molecule has 4 rings (SSSR count). The smallest absolute Gasteiger partial charge is 0.259 e. The Kier molecular flexibility index (Phi) is 3.45. The monoisotopic (exact) mass is 321 g/mol. The maximum absolute atomic E-state index is 12.8. The number of aryl methyl sites for hydroxylation is 1. The van der Waals surface area contributed by atoms with Crippen molar-refractivity contribution in [3.63, 3.8) is 0 Å². The average Bonchev–Trinajstić information content (AvgIpc) is 3.21. The molecule has 0 radical (unpaired) electrons. The van der Waals surface area contributed by atoms with Crippen LogP contribution >= 0.6 is 0 Å². The number of imidazole rings is 1. The Balaban J connectivity index is 1.68. The highest BCUT2D eigenvalue weighted by molar-refractivity contribution is 6.08. The van der Waals surface area contributed by atoms with Crippen LogP contribution in [0.1, 0.15) is 41.5 Å². The van der Waals surface area contributed by atoms with Crippen LogP contribution in [0.4, 0.5) is 5.82 Å². The van der Waals surface area contributed by atoms with Crippen molar-refractivity contribution in [1.29, 1.82) is 0 Å². The Morgan fingerprint density at radius 2 is 2.29 bits per heavy atom. The third kappa shape index (κ3) is 2.31. The molecular weight excluding hydrogens is 302 g/mol. The fraction of sp³-hybridized carbons (Fsp3) is 0.278. The van der Waals surface area contributed by atoms with Crippen LogP contribution in [0.2, 0.25) is 0 Å². The predicted molar refractivity (Wildman–Crippen MR) is 92.0 cm³/mol. The lowest BCUT2D eigenvalue weighted by Crippen LogP contribution is -2.18. The number of nitrogens with one attached hydrogen (secondary N) is 2. The molecule has 3 aromatic heterocycles. The Bertz CT molecular complexity index is 908. The first kappa shape index (κ1) is 14.7. The van der Waals surface area contributed by atoms with Gasteiger partial charge in [-0.15, -0.1) is 0 Å². The molecule has 0 aliphatic carbocycles. The van der Waals surface area contributed by atoms with Gasteiger partial charge < -0.3 is 14.9 Å². The Morgan fingerprint density at radius 1 is 1.42 bits per heavy atom. The summed E-state index contributed by atoms with van der Waals surface area (Å²) in [5.41, 5.74) is 3.69. The minimum absolute atomic E-state index is 0.169. The number of hydrogen-bond donors (Lipinski definition) is 2. The van der Waals surface area contributed by atoms with E-state index in [1.807, 2.05) is 18.3 Å². The molecule has 1 aliphatic heterocycles. The predicted octanol–water partition coefficient (Wildman–Crippen LogP) is 3.21. The van der Waals surface area contributed by atoms with Crippen LogP contribution in [0.25, 0.3) is 11.4 Å². The van der Waals surface area contributed by atoms with Crippen LogP contribution in [-0.4, -0.2) is 25.4 Å². The molecule has 6 heteroatoms. The van der Waals surface area contributed by atoms with Crippen LogP contribution in [0.15, 0.2) is 36.9 Å². The Labute approximate surface area is 140 Å². The summed E-state index contributed by atoms with van der Waals surface area (Å²) in [4.78, 5) is 24.7. The fourth-order valence-electron chi connectivity index (χ4n) is 3.26. The van der Waals surface area contributed by atoms with Crippen molar-refractivity contribution in [2.45, 2.75) is 32.7 Å². The number of carbonyl (C=O) groups excluding carboxylic acids is 1. The summed E-state index contributed by atoms with van der Waals surface area (Å²) in [6.45, 7) is 4.22. The Hall–Kier alpha value is -2.89. The van der Waals surface area contributed by atoms with Gasteiger partial charge in [-0.1, -0.05) is 6.92 Å². The molecule has 0 spiro atoms. The first-order valence-corrected chi connectivity index (χ1v) is 8.17. The van der Waals surface area contributed by atoms with Crippen molar-refractivity contribution in [2.75, 3.05) is 5.32 Å². The van der Waals surface area contributed by atoms with Crippen molar-refractivity contribution in [1.82, 2.24) is 19.5 Å². The van der Waals surface area contributed by atoms with Crippen LogP contribution < -0.4 is 5.32 Å². The average molecular weight is 321 g/mol. The normalized spacial score (nSPS) is 15.7. The van der Waals surface area contributed by atoms with E-state index in [9.17, 15) is 4.79 Å². The van der Waals surface area contributed by atoms with E-state index in [0.717, 1.165) is 35.5 Å². The number of aromatic amines is 1. The summed E-state index contributed by atoms with van der Waals surface area (Å²) in [6, 6.07) is 4.18. The zero-order valence-corrected chi connectivity index (χ0v) is 13.7. The van der Waals surface area contributed by atoms with E-state index in [4.69, 9.17) is 0 Å². The summed E-state index contributed by atoms with van der Waals surface area (Å²) in [5, 5.41) is 2.90. The van der Waals surface area contributed by atoms with Crippen molar-refractivity contribution in [2.24, 2.45) is 0 Å². The molecule has 0 bridgehead atoms. The third-order valence-electron chi connectivity index (χ3n) is 4.55. The van der Waals surface area contributed by atoms with Gasteiger partial charge in [0.1, 0.15) is 11.6 Å². The summed E-state index contributed by atoms with van der Waals surface area (Å²) in [7, 11) is 0. The summed E-state index contributed by atoms with van der Waals surface area (Å²) < 4.78 is 2.11. The lowest BCUT2D eigenvalue weighted by Gasteiger charge is -2.22. The molecule has 0 aromatic carbocycles. The van der Waals surface area contributed by atoms with Crippen molar-refractivity contribution >= 4 is 11.7 Å². The summed E-state index contributed by atoms with van der Waals surface area (Å²) >= 11 is 0. The van der Waals surface area contributed by atoms with Gasteiger partial charge in [0.05, 0.1) is 11.1 Å². The standard InChI is InChI=1S/C18H19N5O/c1-3-12-4-5-19-15(9-12)22-18(24)13-10-21-14-8-11(2)23-7-6-20-17(23)16(13)14/h4-7,9-11,21H,3,8H2,1-2H3,(H,19,22,24)/t11-/m1/s1. The van der Waals surface area contributed by atoms with Gasteiger partial charge in [-0.2, -0.15) is 0 Å². The molecule has 6 nitrogen and oxygen atoms in total. The zero-order valence-electron chi connectivity index (χ0n) is 13.7. The van der Waals surface area contributed by atoms with Gasteiger partial charge in [-0.3, -0.25) is 4.79 Å². The number of nitrogens with zero attached hydrogens (tertiary/aromatic N) is 3. The van der Waals surface area contributed by atoms with Gasteiger partial charge in [0.25, 0.3) is 5.91 Å². The van der Waals surface area contributed by atoms with Crippen LogP contribution in [0.5, 0.6) is 0 Å². The van der Waals surface area contributed by atoms with Crippen LogP contribution in [0.3, 0.4) is 0 Å². The second-order valence-corrected chi connectivity index (χ2v) is 6.12. The lowest BCUT2D eigenvalue weighted by molar-refractivity contribution is 0.102. The molecule has 24 heavy (non-hydrogen) atoms. The number of pyridine rings is 1. The Morgan fingerprint density at radius 3 is 3.12 bits per heavy atom. The number of anilines is 1. The zero-order chi connectivity index (χ0) is 16.7. The number of amides is 1. The van der Waals surface area contributed by atoms with Gasteiger partial charge in [0.2, 0.25) is 0 Å². The largest absolute Gasteiger partial charge is 0.364 e. The number of hydrogen-bond acceptors (Lipinski definition) is 3. The molecule has 1 amide bonds. The van der Waals surface area contributed by atoms with E-state index < -0.39 is 0 Å². The molecular formula is C18H19N5O. The number of fused-ring (bicyclic) bond motifs is 3. The highest BCUT2D eigenvalue weighted by Gasteiger charge is 2.28. The second-order valence-electron chi connectivity index (χ2n) is 6.12. The number of aromatic nitrogens is 4. The van der Waals surface area contributed by atoms with Crippen molar-refractivity contribution < 1.29 is 4.79 Å². The maximum atomic E-state index is 12.8. The van der Waals surface area contributed by atoms with Crippen LogP contribution in [0, 0.1) is 0 Å². The van der Waals surface area contributed by atoms with Gasteiger partial charge in [-0.25, -0.2) is 9.97 Å². The van der Waals surface area contributed by atoms with Crippen molar-refractivity contribution in [3.05, 3.63) is 53.7 Å². The van der Waals surface area contributed by atoms with E-state index in [2.05, 4.69) is 38.7 Å². The molecule has 2 N–H and O–H groups in total. The minimum atomic E-state index is -0.169. The van der Waals surface area contributed by atoms with E-state index in [0.29, 0.717) is 17.4 Å². The SMILES string of the molecule is CCc1ccnc(NC(=O)c2c[nH]c3c2-c2nccn2[C@H](C)C3)c1. The fourth-order valence-corrected chi connectivity index (χ4v) is 3.26. The molecule has 1 atom stereocenters. The second kappa shape index (κ2) is 5.63. The van der Waals surface area contributed by atoms with E-state index >= 15 is 0 Å². The van der Waals surface area contributed by atoms with Crippen molar-refractivity contribution in [3.8, 4) is 11.4 Å². The molecule has 3 aromatic rings. The molecule has 1 aliphatic rings. The summed E-state index contributed by atoms with van der Waals surface area (Å²) in [5.74, 6) is 1.24. The van der Waals surface area contributed by atoms with Gasteiger partial charge >= 0.3 is 0 Å². The topological polar surface area (TPSA) is 75.6 Å². The molecule has 0 saturated heterocycles. The molecule has 4 heterocycles. The number of rotatable bonds is 3. The number of H-pyrrole nitrogens is 1. The van der Waals surface area contributed by atoms with E-state index in [1.165, 1.54) is 0 Å². The van der Waals surface area contributed by atoms with E-state index in [1.54, 1.807) is 18.6 Å². The summed E-state index contributed by atoms with van der Waals surface area (Å²) in [6.07, 6.45) is 8.98. The molecule has 122 valence electrons. The third-order valence-corrected chi connectivity index (χ3v) is 4.55. The van der Waals surface area contributed by atoms with Gasteiger partial charge in [0, 0.05) is 42.9 Å². The lowest BCUT2D eigenvalue weighted by atomic mass is 10.0. The van der Waals surface area contributed by atoms with Gasteiger partial charge in [0.15, 0.2) is 0 Å². The van der Waals surface area contributed by atoms with E-state index in [-0.39, 0.29) is 5.91 Å². The number of carbonyl (C=O) groups is 1. The molecule has 0 fully saturated rings. The van der Waals surface area contributed by atoms with Crippen LogP contribution in [-0.2, 0) is 12.8 Å².